The molecule has 8 heteroatoms. The Morgan fingerprint density at radius 2 is 2.21 bits per heavy atom. The molecule has 0 bridgehead atoms. The van der Waals surface area contributed by atoms with E-state index >= 15 is 0 Å². The first kappa shape index (κ1) is 15.9. The van der Waals surface area contributed by atoms with E-state index in [1.54, 1.807) is 34.9 Å². The highest BCUT2D eigenvalue weighted by atomic mass is 16.1. The first-order valence-corrected chi connectivity index (χ1v) is 7.76. The molecule has 2 aromatic heterocycles. The van der Waals surface area contributed by atoms with Gasteiger partial charge in [0.1, 0.15) is 5.56 Å². The molecule has 0 aliphatic carbocycles. The van der Waals surface area contributed by atoms with Crippen molar-refractivity contribution >= 4 is 5.91 Å². The number of terminal acetylenes is 1. The van der Waals surface area contributed by atoms with Crippen molar-refractivity contribution in [3.63, 3.8) is 0 Å². The first-order chi connectivity index (χ1) is 11.6. The molecule has 0 unspecified atom stereocenters. The topological polar surface area (TPSA) is 89.5 Å². The van der Waals surface area contributed by atoms with Crippen LogP contribution >= 0.6 is 0 Å². The van der Waals surface area contributed by atoms with Crippen LogP contribution < -0.4 is 5.32 Å². The maximum absolute atomic E-state index is 12.6. The molecule has 0 saturated heterocycles. The van der Waals surface area contributed by atoms with Gasteiger partial charge in [0.05, 0.1) is 5.69 Å². The minimum Gasteiger partial charge on any atom is -0.352 e. The average Bonchev–Trinajstić information content (AvgIpc) is 2.98. The summed E-state index contributed by atoms with van der Waals surface area (Å²) in [6.45, 7) is 2.28. The van der Waals surface area contributed by atoms with Crippen molar-refractivity contribution in [2.75, 3.05) is 6.54 Å². The summed E-state index contributed by atoms with van der Waals surface area (Å²) in [6.07, 6.45) is 10.7. The molecule has 3 heterocycles. The molecule has 2 aromatic rings. The number of rotatable bonds is 7. The lowest BCUT2D eigenvalue weighted by molar-refractivity contribution is 0.0951. The van der Waals surface area contributed by atoms with Gasteiger partial charge in [0.15, 0.2) is 11.5 Å². The van der Waals surface area contributed by atoms with Gasteiger partial charge in [-0.15, -0.1) is 12.3 Å². The molecular weight excluding hydrogens is 306 g/mol. The second kappa shape index (κ2) is 6.28. The molecule has 24 heavy (non-hydrogen) atoms. The number of hydrogen-bond acceptors (Lipinski definition) is 5. The van der Waals surface area contributed by atoms with Crippen molar-refractivity contribution in [2.24, 2.45) is 17.3 Å². The van der Waals surface area contributed by atoms with Gasteiger partial charge in [0, 0.05) is 45.2 Å². The zero-order chi connectivity index (χ0) is 17.2. The Labute approximate surface area is 140 Å². The Hall–Kier alpha value is -2.95. The zero-order valence-corrected chi connectivity index (χ0v) is 13.7. The van der Waals surface area contributed by atoms with Crippen molar-refractivity contribution in [3.05, 3.63) is 29.7 Å². The lowest BCUT2D eigenvalue weighted by Crippen LogP contribution is -2.29. The molecule has 1 N–H and O–H groups in total. The fraction of sp³-hybridized carbons (Fsp3) is 0.438. The molecule has 124 valence electrons. The standard InChI is InChI=1S/C16H19N7O/c1-4-5-7-16(20-21-16)8-10-17-14(24)13-12(2)19-22(3)15(13)23-11-6-9-18-23/h1,6,9,11H,5,7-8,10H2,2-3H3,(H,17,24). The summed E-state index contributed by atoms with van der Waals surface area (Å²) < 4.78 is 3.28. The Morgan fingerprint density at radius 1 is 1.42 bits per heavy atom. The van der Waals surface area contributed by atoms with Gasteiger partial charge in [-0.05, 0) is 13.0 Å². The van der Waals surface area contributed by atoms with Gasteiger partial charge in [-0.25, -0.2) is 9.36 Å². The number of carbonyl (C=O) groups is 1. The quantitative estimate of drug-likeness (QED) is 0.784. The normalized spacial score (nSPS) is 14.4. The van der Waals surface area contributed by atoms with E-state index in [1.807, 2.05) is 6.92 Å². The van der Waals surface area contributed by atoms with E-state index in [1.165, 1.54) is 0 Å². The SMILES string of the molecule is C#CCCC1(CCNC(=O)c2c(C)nn(C)c2-n2cccn2)N=N1. The predicted molar refractivity (Wildman–Crippen MR) is 87.7 cm³/mol. The van der Waals surface area contributed by atoms with Gasteiger partial charge in [-0.1, -0.05) is 0 Å². The molecule has 1 amide bonds. The summed E-state index contributed by atoms with van der Waals surface area (Å²) in [5, 5.41) is 19.6. The largest absolute Gasteiger partial charge is 0.352 e. The number of nitrogens with one attached hydrogen (secondary N) is 1. The van der Waals surface area contributed by atoms with E-state index in [9.17, 15) is 4.79 Å². The highest BCUT2D eigenvalue weighted by molar-refractivity contribution is 5.98. The number of amides is 1. The van der Waals surface area contributed by atoms with Crippen LogP contribution in [0.25, 0.3) is 5.82 Å². The predicted octanol–water partition coefficient (Wildman–Crippen LogP) is 1.61. The fourth-order valence-corrected chi connectivity index (χ4v) is 2.70. The van der Waals surface area contributed by atoms with Crippen LogP contribution in [0.1, 0.15) is 35.3 Å². The van der Waals surface area contributed by atoms with Crippen molar-refractivity contribution in [1.29, 1.82) is 0 Å². The minimum atomic E-state index is -0.394. The van der Waals surface area contributed by atoms with Crippen molar-refractivity contribution in [2.45, 2.75) is 31.8 Å². The van der Waals surface area contributed by atoms with Gasteiger partial charge < -0.3 is 5.32 Å². The van der Waals surface area contributed by atoms with E-state index in [-0.39, 0.29) is 5.91 Å². The highest BCUT2D eigenvalue weighted by Gasteiger charge is 2.38. The third-order valence-corrected chi connectivity index (χ3v) is 4.00. The van der Waals surface area contributed by atoms with Crippen LogP contribution in [-0.2, 0) is 7.05 Å². The summed E-state index contributed by atoms with van der Waals surface area (Å²) >= 11 is 0. The third-order valence-electron chi connectivity index (χ3n) is 4.00. The Balaban J connectivity index is 1.67. The molecule has 0 radical (unpaired) electrons. The Kier molecular flexibility index (Phi) is 4.16. The Bertz CT molecular complexity index is 804. The Morgan fingerprint density at radius 3 is 2.83 bits per heavy atom. The fourth-order valence-electron chi connectivity index (χ4n) is 2.70. The zero-order valence-electron chi connectivity index (χ0n) is 13.7. The smallest absolute Gasteiger partial charge is 0.257 e. The third kappa shape index (κ3) is 3.06. The average molecular weight is 325 g/mol. The molecule has 0 spiro atoms. The summed E-state index contributed by atoms with van der Waals surface area (Å²) in [7, 11) is 1.79. The summed E-state index contributed by atoms with van der Waals surface area (Å²) in [4.78, 5) is 12.6. The maximum atomic E-state index is 12.6. The van der Waals surface area contributed by atoms with Gasteiger partial charge in [-0.3, -0.25) is 4.79 Å². The molecule has 0 fully saturated rings. The number of nitrogens with zero attached hydrogens (tertiary/aromatic N) is 6. The number of aromatic nitrogens is 4. The molecule has 0 atom stereocenters. The van der Waals surface area contributed by atoms with E-state index in [2.05, 4.69) is 31.7 Å². The van der Waals surface area contributed by atoms with Gasteiger partial charge in [-0.2, -0.15) is 20.4 Å². The number of hydrogen-bond donors (Lipinski definition) is 1. The van der Waals surface area contributed by atoms with Gasteiger partial charge in [0.25, 0.3) is 5.91 Å². The van der Waals surface area contributed by atoms with Crippen LogP contribution in [0.3, 0.4) is 0 Å². The monoisotopic (exact) mass is 325 g/mol. The second-order valence-corrected chi connectivity index (χ2v) is 5.75. The minimum absolute atomic E-state index is 0.182. The van der Waals surface area contributed by atoms with E-state index < -0.39 is 5.66 Å². The van der Waals surface area contributed by atoms with Crippen molar-refractivity contribution in [3.8, 4) is 18.2 Å². The lowest BCUT2D eigenvalue weighted by Gasteiger charge is -2.11. The van der Waals surface area contributed by atoms with Crippen LogP contribution in [0, 0.1) is 19.3 Å². The molecule has 1 aliphatic heterocycles. The van der Waals surface area contributed by atoms with Gasteiger partial charge in [0.2, 0.25) is 0 Å². The first-order valence-electron chi connectivity index (χ1n) is 7.76. The molecule has 1 aliphatic rings. The number of carbonyl (C=O) groups excluding carboxylic acids is 1. The van der Waals surface area contributed by atoms with Crippen LogP contribution in [0.15, 0.2) is 28.7 Å². The van der Waals surface area contributed by atoms with Crippen LogP contribution in [0.5, 0.6) is 0 Å². The lowest BCUT2D eigenvalue weighted by atomic mass is 10.0. The van der Waals surface area contributed by atoms with Crippen LogP contribution in [-0.4, -0.2) is 37.7 Å². The second-order valence-electron chi connectivity index (χ2n) is 5.75. The van der Waals surface area contributed by atoms with E-state index in [0.29, 0.717) is 36.5 Å². The summed E-state index contributed by atoms with van der Waals surface area (Å²) in [5.74, 6) is 3.05. The maximum Gasteiger partial charge on any atom is 0.257 e. The number of aryl methyl sites for hydroxylation is 2. The summed E-state index contributed by atoms with van der Waals surface area (Å²) in [5.41, 5.74) is 0.779. The molecule has 3 rings (SSSR count). The molecule has 0 aromatic carbocycles. The van der Waals surface area contributed by atoms with Crippen molar-refractivity contribution < 1.29 is 4.79 Å². The van der Waals surface area contributed by atoms with E-state index in [0.717, 1.165) is 6.42 Å². The van der Waals surface area contributed by atoms with Gasteiger partial charge >= 0.3 is 0 Å². The molecule has 0 saturated carbocycles. The van der Waals surface area contributed by atoms with Crippen LogP contribution in [0.2, 0.25) is 0 Å². The molecule has 8 nitrogen and oxygen atoms in total. The van der Waals surface area contributed by atoms with E-state index in [4.69, 9.17) is 6.42 Å². The highest BCUT2D eigenvalue weighted by Crippen LogP contribution is 2.36. The molecular formula is C16H19N7O. The van der Waals surface area contributed by atoms with Crippen LogP contribution in [0.4, 0.5) is 0 Å². The van der Waals surface area contributed by atoms with Crippen molar-refractivity contribution in [1.82, 2.24) is 24.9 Å². The summed E-state index contributed by atoms with van der Waals surface area (Å²) in [6, 6.07) is 1.80.